The van der Waals surface area contributed by atoms with Gasteiger partial charge in [-0.1, -0.05) is 27.7 Å². The second-order valence-electron chi connectivity index (χ2n) is 3.15. The maximum atomic E-state index is 9.79. The average Bonchev–Trinajstić information content (AvgIpc) is 2.16. The first-order valence-corrected chi connectivity index (χ1v) is 10.4. The molecular formula is C10H26O6S4-2. The van der Waals surface area contributed by atoms with Crippen LogP contribution in [0.25, 0.3) is 0 Å². The second-order valence-corrected chi connectivity index (χ2v) is 7.46. The first-order chi connectivity index (χ1) is 8.95. The van der Waals surface area contributed by atoms with E-state index in [1.54, 1.807) is 13.8 Å². The highest BCUT2D eigenvalue weighted by molar-refractivity contribution is 7.85. The molecule has 0 atom stereocenters. The summed E-state index contributed by atoms with van der Waals surface area (Å²) in [6, 6.07) is 0. The number of thiol groups is 1. The molecule has 0 rings (SSSR count). The van der Waals surface area contributed by atoms with E-state index in [-0.39, 0.29) is 11.5 Å². The van der Waals surface area contributed by atoms with Gasteiger partial charge >= 0.3 is 0 Å². The molecule has 128 valence electrons. The second kappa shape index (κ2) is 19.5. The van der Waals surface area contributed by atoms with E-state index in [9.17, 15) is 21.4 Å². The molecular weight excluding hydrogens is 344 g/mol. The Labute approximate surface area is 135 Å². The SMILES string of the molecule is CCCS(=O)(=O)O.CCCS(=O)(=O)[O-].CCS.CC[S-]. The van der Waals surface area contributed by atoms with Crippen LogP contribution in [0.4, 0.5) is 0 Å². The summed E-state index contributed by atoms with van der Waals surface area (Å²) in [5.74, 6) is 1.40. The molecule has 0 saturated carbocycles. The van der Waals surface area contributed by atoms with Gasteiger partial charge in [0.2, 0.25) is 0 Å². The summed E-state index contributed by atoms with van der Waals surface area (Å²) in [6.45, 7) is 7.27. The van der Waals surface area contributed by atoms with Gasteiger partial charge < -0.3 is 17.2 Å². The van der Waals surface area contributed by atoms with E-state index in [4.69, 9.17) is 4.55 Å². The van der Waals surface area contributed by atoms with Crippen molar-refractivity contribution in [3.05, 3.63) is 0 Å². The van der Waals surface area contributed by atoms with Crippen LogP contribution in [0.2, 0.25) is 0 Å². The minimum Gasteiger partial charge on any atom is -0.793 e. The van der Waals surface area contributed by atoms with Crippen molar-refractivity contribution in [3.63, 3.8) is 0 Å². The number of rotatable bonds is 4. The molecule has 0 aliphatic rings. The van der Waals surface area contributed by atoms with Crippen molar-refractivity contribution in [3.8, 4) is 0 Å². The van der Waals surface area contributed by atoms with E-state index < -0.39 is 20.2 Å². The van der Waals surface area contributed by atoms with Gasteiger partial charge in [-0.25, -0.2) is 8.42 Å². The monoisotopic (exact) mass is 370 g/mol. The largest absolute Gasteiger partial charge is 0.793 e. The van der Waals surface area contributed by atoms with Crippen LogP contribution in [0.15, 0.2) is 0 Å². The first-order valence-electron chi connectivity index (χ1n) is 6.03. The summed E-state index contributed by atoms with van der Waals surface area (Å²) < 4.78 is 56.6. The molecule has 0 aliphatic heterocycles. The summed E-state index contributed by atoms with van der Waals surface area (Å²) in [4.78, 5) is 0. The zero-order chi connectivity index (χ0) is 17.2. The van der Waals surface area contributed by atoms with Crippen LogP contribution in [0.3, 0.4) is 0 Å². The van der Waals surface area contributed by atoms with E-state index in [1.807, 2.05) is 13.8 Å². The zero-order valence-corrected chi connectivity index (χ0v) is 15.7. The van der Waals surface area contributed by atoms with Crippen molar-refractivity contribution in [2.24, 2.45) is 0 Å². The smallest absolute Gasteiger partial charge is 0.264 e. The Morgan fingerprint density at radius 2 is 1.25 bits per heavy atom. The fourth-order valence-corrected chi connectivity index (χ4v) is 1.52. The molecule has 6 nitrogen and oxygen atoms in total. The van der Waals surface area contributed by atoms with E-state index in [0.29, 0.717) is 12.8 Å². The summed E-state index contributed by atoms with van der Waals surface area (Å²) in [6.07, 6.45) is 0.880. The van der Waals surface area contributed by atoms with Gasteiger partial charge in [-0.15, -0.1) is 0 Å². The van der Waals surface area contributed by atoms with Crippen LogP contribution in [0.1, 0.15) is 40.5 Å². The summed E-state index contributed by atoms with van der Waals surface area (Å²) in [5, 5.41) is 0. The van der Waals surface area contributed by atoms with Crippen LogP contribution < -0.4 is 0 Å². The lowest BCUT2D eigenvalue weighted by Gasteiger charge is -2.00. The van der Waals surface area contributed by atoms with Crippen molar-refractivity contribution in [2.75, 3.05) is 23.0 Å². The van der Waals surface area contributed by atoms with Gasteiger partial charge in [0, 0.05) is 5.75 Å². The third-order valence-electron chi connectivity index (χ3n) is 0.916. The maximum Gasteiger partial charge on any atom is 0.264 e. The van der Waals surface area contributed by atoms with E-state index in [1.165, 1.54) is 0 Å². The molecule has 0 aliphatic carbocycles. The van der Waals surface area contributed by atoms with Crippen molar-refractivity contribution >= 4 is 45.5 Å². The average molecular weight is 371 g/mol. The van der Waals surface area contributed by atoms with Gasteiger partial charge in [0.05, 0.1) is 15.9 Å². The quantitative estimate of drug-likeness (QED) is 0.440. The Morgan fingerprint density at radius 1 is 1.00 bits per heavy atom. The van der Waals surface area contributed by atoms with Gasteiger partial charge in [-0.3, -0.25) is 4.55 Å². The van der Waals surface area contributed by atoms with Gasteiger partial charge in [0.1, 0.15) is 0 Å². The van der Waals surface area contributed by atoms with E-state index in [2.05, 4.69) is 25.3 Å². The van der Waals surface area contributed by atoms with Crippen LogP contribution >= 0.6 is 12.6 Å². The lowest BCUT2D eigenvalue weighted by molar-refractivity contribution is 0.462. The van der Waals surface area contributed by atoms with Crippen molar-refractivity contribution in [1.82, 2.24) is 0 Å². The molecule has 0 aromatic rings. The van der Waals surface area contributed by atoms with Gasteiger partial charge in [0.25, 0.3) is 10.1 Å². The highest BCUT2D eigenvalue weighted by atomic mass is 32.2. The van der Waals surface area contributed by atoms with Crippen molar-refractivity contribution < 1.29 is 25.9 Å². The predicted octanol–water partition coefficient (Wildman–Crippen LogP) is 1.72. The highest BCUT2D eigenvalue weighted by Crippen LogP contribution is 1.84. The molecule has 0 radical (unpaired) electrons. The standard InChI is InChI=1S/2C3H8O3S.2C2H6S/c2*1-2-3-7(4,5)6;2*1-2-3/h2*2-3H2,1H3,(H,4,5,6);2*3H,2H2,1H3/p-2. The summed E-state index contributed by atoms with van der Waals surface area (Å²) in [5.41, 5.74) is 0. The van der Waals surface area contributed by atoms with Crippen LogP contribution in [0.5, 0.6) is 0 Å². The molecule has 0 aromatic heterocycles. The molecule has 10 heteroatoms. The van der Waals surface area contributed by atoms with Gasteiger partial charge in [-0.2, -0.15) is 26.8 Å². The molecule has 0 bridgehead atoms. The van der Waals surface area contributed by atoms with Crippen LogP contribution in [-0.2, 0) is 32.9 Å². The summed E-state index contributed by atoms with van der Waals surface area (Å²) in [7, 11) is -7.60. The van der Waals surface area contributed by atoms with Crippen LogP contribution in [0, 0.1) is 0 Å². The minimum atomic E-state index is -3.92. The molecule has 0 aromatic carbocycles. The number of hydrogen-bond donors (Lipinski definition) is 2. The maximum absolute atomic E-state index is 9.79. The molecule has 1 N–H and O–H groups in total. The normalized spacial score (nSPS) is 10.0. The number of hydrogen-bond acceptors (Lipinski definition) is 7. The molecule has 0 spiro atoms. The van der Waals surface area contributed by atoms with Gasteiger partial charge in [0.15, 0.2) is 0 Å². The fraction of sp³-hybridized carbons (Fsp3) is 1.00. The van der Waals surface area contributed by atoms with Crippen molar-refractivity contribution in [2.45, 2.75) is 40.5 Å². The molecule has 0 heterocycles. The molecule has 20 heavy (non-hydrogen) atoms. The first kappa shape index (κ1) is 28.6. The Hall–Kier alpha value is 0.520. The Bertz CT molecular complexity index is 314. The molecule has 0 amide bonds. The predicted molar refractivity (Wildman–Crippen MR) is 89.0 cm³/mol. The Balaban J connectivity index is -0.0000000927. The third kappa shape index (κ3) is 78.3. The van der Waals surface area contributed by atoms with E-state index in [0.717, 1.165) is 11.5 Å². The molecule has 0 saturated heterocycles. The minimum absolute atomic E-state index is 0.132. The topological polar surface area (TPSA) is 112 Å². The van der Waals surface area contributed by atoms with Gasteiger partial charge in [-0.05, 0) is 18.6 Å². The Kier molecular flexibility index (Phi) is 28.0. The highest BCUT2D eigenvalue weighted by Gasteiger charge is 1.98. The lowest BCUT2D eigenvalue weighted by atomic mass is 10.6. The van der Waals surface area contributed by atoms with Crippen LogP contribution in [-0.4, -0.2) is 49.0 Å². The Morgan fingerprint density at radius 3 is 1.25 bits per heavy atom. The fourth-order valence-electron chi connectivity index (χ4n) is 0.508. The molecule has 0 unspecified atom stereocenters. The third-order valence-corrected chi connectivity index (χ3v) is 2.75. The lowest BCUT2D eigenvalue weighted by Crippen LogP contribution is -2.01. The molecule has 0 fully saturated rings. The zero-order valence-electron chi connectivity index (χ0n) is 12.4. The summed E-state index contributed by atoms with van der Waals surface area (Å²) >= 11 is 8.18. The van der Waals surface area contributed by atoms with Crippen molar-refractivity contribution in [1.29, 1.82) is 0 Å². The van der Waals surface area contributed by atoms with E-state index >= 15 is 0 Å².